The topological polar surface area (TPSA) is 74.6 Å². The average molecular weight is 160 g/mol. The molecule has 0 aliphatic carbocycles. The van der Waals surface area contributed by atoms with Gasteiger partial charge in [-0.05, 0) is 13.3 Å². The summed E-state index contributed by atoms with van der Waals surface area (Å²) in [7, 11) is 0. The monoisotopic (exact) mass is 160 g/mol. The maximum Gasteiger partial charge on any atom is 0.375 e. The summed E-state index contributed by atoms with van der Waals surface area (Å²) in [4.78, 5) is 20.8. The Morgan fingerprint density at radius 1 is 1.45 bits per heavy atom. The molecule has 0 amide bonds. The van der Waals surface area contributed by atoms with Crippen LogP contribution in [-0.2, 0) is 9.59 Å². The fourth-order valence-electron chi connectivity index (χ4n) is 0.831. The Hall–Kier alpha value is -0.900. The second-order valence-corrected chi connectivity index (χ2v) is 2.66. The van der Waals surface area contributed by atoms with Gasteiger partial charge >= 0.3 is 5.97 Å². The third-order valence-electron chi connectivity index (χ3n) is 1.42. The first-order valence-electron chi connectivity index (χ1n) is 3.42. The van der Waals surface area contributed by atoms with Gasteiger partial charge in [0.05, 0.1) is 0 Å². The second-order valence-electron chi connectivity index (χ2n) is 2.66. The van der Waals surface area contributed by atoms with Gasteiger partial charge in [-0.1, -0.05) is 13.3 Å². The lowest BCUT2D eigenvalue weighted by Crippen LogP contribution is -2.39. The number of carbonyl (C=O) groups excluding carboxylic acids is 1. The molecule has 4 heteroatoms. The van der Waals surface area contributed by atoms with Gasteiger partial charge in [-0.3, -0.25) is 4.79 Å². The molecule has 0 rings (SSSR count). The van der Waals surface area contributed by atoms with Crippen LogP contribution in [-0.4, -0.2) is 27.6 Å². The molecule has 4 nitrogen and oxygen atoms in total. The van der Waals surface area contributed by atoms with E-state index in [1.807, 2.05) is 0 Å². The fraction of sp³-hybridized carbons (Fsp3) is 0.714. The Kier molecular flexibility index (Phi) is 3.19. The third kappa shape index (κ3) is 2.67. The molecule has 0 saturated heterocycles. The van der Waals surface area contributed by atoms with Crippen LogP contribution in [0.1, 0.15) is 26.7 Å². The number of hydrogen-bond donors (Lipinski definition) is 2. The van der Waals surface area contributed by atoms with E-state index in [0.29, 0.717) is 6.42 Å². The van der Waals surface area contributed by atoms with Crippen molar-refractivity contribution in [3.8, 4) is 0 Å². The van der Waals surface area contributed by atoms with Gasteiger partial charge in [-0.15, -0.1) is 0 Å². The molecular weight excluding hydrogens is 148 g/mol. The van der Waals surface area contributed by atoms with Crippen molar-refractivity contribution in [3.63, 3.8) is 0 Å². The van der Waals surface area contributed by atoms with E-state index < -0.39 is 17.4 Å². The van der Waals surface area contributed by atoms with Gasteiger partial charge in [0.2, 0.25) is 0 Å². The van der Waals surface area contributed by atoms with Crippen molar-refractivity contribution >= 4 is 11.8 Å². The first kappa shape index (κ1) is 10.1. The number of carbonyl (C=O) groups is 2. The molecule has 64 valence electrons. The summed E-state index contributed by atoms with van der Waals surface area (Å²) >= 11 is 0. The molecule has 0 aromatic rings. The van der Waals surface area contributed by atoms with E-state index in [4.69, 9.17) is 5.11 Å². The van der Waals surface area contributed by atoms with E-state index in [0.717, 1.165) is 0 Å². The van der Waals surface area contributed by atoms with Crippen molar-refractivity contribution in [2.75, 3.05) is 0 Å². The highest BCUT2D eigenvalue weighted by atomic mass is 16.4. The molecule has 1 unspecified atom stereocenters. The van der Waals surface area contributed by atoms with Gasteiger partial charge in [-0.25, -0.2) is 4.79 Å². The van der Waals surface area contributed by atoms with Gasteiger partial charge in [0.25, 0.3) is 5.78 Å². The van der Waals surface area contributed by atoms with Crippen LogP contribution >= 0.6 is 0 Å². The number of rotatable bonds is 4. The maximum absolute atomic E-state index is 10.7. The summed E-state index contributed by atoms with van der Waals surface area (Å²) in [5.74, 6) is -2.72. The van der Waals surface area contributed by atoms with E-state index in [1.54, 1.807) is 6.92 Å². The molecule has 1 atom stereocenters. The molecule has 0 aliphatic heterocycles. The van der Waals surface area contributed by atoms with Crippen molar-refractivity contribution in [2.45, 2.75) is 32.3 Å². The molecule has 0 aromatic heterocycles. The molecule has 0 aromatic carbocycles. The van der Waals surface area contributed by atoms with Crippen LogP contribution in [0.2, 0.25) is 0 Å². The minimum Gasteiger partial charge on any atom is -0.475 e. The predicted octanol–water partition coefficient (Wildman–Crippen LogP) is 0.191. The van der Waals surface area contributed by atoms with E-state index in [-0.39, 0.29) is 6.42 Å². The maximum atomic E-state index is 10.7. The van der Waals surface area contributed by atoms with Gasteiger partial charge < -0.3 is 10.2 Å². The normalized spacial score (nSPS) is 15.5. The second kappa shape index (κ2) is 3.48. The zero-order chi connectivity index (χ0) is 9.07. The molecule has 0 radical (unpaired) electrons. The van der Waals surface area contributed by atoms with Gasteiger partial charge in [0.15, 0.2) is 0 Å². The number of carboxylic acids is 1. The Morgan fingerprint density at radius 2 is 1.91 bits per heavy atom. The molecule has 0 bridgehead atoms. The van der Waals surface area contributed by atoms with Crippen LogP contribution in [0.15, 0.2) is 0 Å². The van der Waals surface area contributed by atoms with E-state index in [2.05, 4.69) is 0 Å². The lowest BCUT2D eigenvalue weighted by atomic mass is 9.95. The van der Waals surface area contributed by atoms with Crippen LogP contribution < -0.4 is 0 Å². The minimum absolute atomic E-state index is 0.179. The third-order valence-corrected chi connectivity index (χ3v) is 1.42. The van der Waals surface area contributed by atoms with E-state index in [1.165, 1.54) is 6.92 Å². The van der Waals surface area contributed by atoms with E-state index in [9.17, 15) is 14.7 Å². The van der Waals surface area contributed by atoms with Gasteiger partial charge in [0, 0.05) is 0 Å². The largest absolute Gasteiger partial charge is 0.475 e. The quantitative estimate of drug-likeness (QED) is 0.576. The van der Waals surface area contributed by atoms with Crippen molar-refractivity contribution < 1.29 is 19.8 Å². The number of hydrogen-bond acceptors (Lipinski definition) is 3. The van der Waals surface area contributed by atoms with Crippen LogP contribution in [0.5, 0.6) is 0 Å². The number of ketones is 1. The summed E-state index contributed by atoms with van der Waals surface area (Å²) in [6, 6.07) is 0. The number of aliphatic carboxylic acids is 1. The van der Waals surface area contributed by atoms with Crippen LogP contribution in [0.4, 0.5) is 0 Å². The molecule has 2 N–H and O–H groups in total. The van der Waals surface area contributed by atoms with Gasteiger partial charge in [-0.2, -0.15) is 0 Å². The molecule has 0 fully saturated rings. The van der Waals surface area contributed by atoms with Gasteiger partial charge in [0.1, 0.15) is 5.60 Å². The van der Waals surface area contributed by atoms with Crippen LogP contribution in [0.25, 0.3) is 0 Å². The summed E-state index contributed by atoms with van der Waals surface area (Å²) in [5, 5.41) is 17.5. The molecule has 0 spiro atoms. The summed E-state index contributed by atoms with van der Waals surface area (Å²) in [6.07, 6.45) is 0.754. The van der Waals surface area contributed by atoms with Crippen molar-refractivity contribution in [1.29, 1.82) is 0 Å². The standard InChI is InChI=1S/C7H12O4/c1-3-4-7(2,11)5(8)6(9)10/h11H,3-4H2,1-2H3,(H,9,10). The van der Waals surface area contributed by atoms with Crippen molar-refractivity contribution in [1.82, 2.24) is 0 Å². The van der Waals surface area contributed by atoms with Crippen LogP contribution in [0.3, 0.4) is 0 Å². The Balaban J connectivity index is 4.29. The average Bonchev–Trinajstić information content (AvgIpc) is 1.86. The lowest BCUT2D eigenvalue weighted by Gasteiger charge is -2.17. The highest BCUT2D eigenvalue weighted by Gasteiger charge is 2.34. The number of aliphatic hydroxyl groups is 1. The molecule has 0 aliphatic rings. The summed E-state index contributed by atoms with van der Waals surface area (Å²) < 4.78 is 0. The predicted molar refractivity (Wildman–Crippen MR) is 38.2 cm³/mol. The van der Waals surface area contributed by atoms with E-state index >= 15 is 0 Å². The highest BCUT2D eigenvalue weighted by molar-refractivity contribution is 6.35. The van der Waals surface area contributed by atoms with Crippen molar-refractivity contribution in [3.05, 3.63) is 0 Å². The molecule has 0 heterocycles. The fourth-order valence-corrected chi connectivity index (χ4v) is 0.831. The Bertz CT molecular complexity index is 171. The Labute approximate surface area is 64.8 Å². The SMILES string of the molecule is CCCC(C)(O)C(=O)C(=O)O. The Morgan fingerprint density at radius 3 is 2.18 bits per heavy atom. The minimum atomic E-state index is -1.71. The smallest absolute Gasteiger partial charge is 0.375 e. The molecular formula is C7H12O4. The highest BCUT2D eigenvalue weighted by Crippen LogP contribution is 2.12. The number of carboxylic acid groups (broad SMARTS) is 1. The lowest BCUT2D eigenvalue weighted by molar-refractivity contribution is -0.158. The summed E-state index contributed by atoms with van der Waals surface area (Å²) in [5.41, 5.74) is -1.71. The molecule has 0 saturated carbocycles. The molecule has 11 heavy (non-hydrogen) atoms. The number of Topliss-reactive ketones (excluding diaryl/α,β-unsaturated/α-hetero) is 1. The summed E-state index contributed by atoms with van der Waals surface area (Å²) in [6.45, 7) is 2.98. The first-order chi connectivity index (χ1) is 4.91. The van der Waals surface area contributed by atoms with Crippen LogP contribution in [0, 0.1) is 0 Å². The zero-order valence-electron chi connectivity index (χ0n) is 6.63. The zero-order valence-corrected chi connectivity index (χ0v) is 6.63. The van der Waals surface area contributed by atoms with Crippen molar-refractivity contribution in [2.24, 2.45) is 0 Å². The first-order valence-corrected chi connectivity index (χ1v) is 3.42.